The Kier molecular flexibility index (Phi) is 4.60. The van der Waals surface area contributed by atoms with E-state index in [9.17, 15) is 4.79 Å². The topological polar surface area (TPSA) is 44.9 Å². The van der Waals surface area contributed by atoms with Crippen molar-refractivity contribution in [2.75, 3.05) is 6.54 Å². The van der Waals surface area contributed by atoms with Crippen LogP contribution in [0.4, 0.5) is 0 Å². The van der Waals surface area contributed by atoms with Crippen LogP contribution >= 0.6 is 23.2 Å². The lowest BCUT2D eigenvalue weighted by Crippen LogP contribution is -2.26. The number of nitrogens with one attached hydrogen (secondary N) is 2. The summed E-state index contributed by atoms with van der Waals surface area (Å²) in [6.07, 6.45) is 2.68. The molecule has 0 unspecified atom stereocenters. The van der Waals surface area contributed by atoms with Gasteiger partial charge in [0.1, 0.15) is 0 Å². The van der Waals surface area contributed by atoms with Gasteiger partial charge < -0.3 is 10.3 Å². The molecule has 2 N–H and O–H groups in total. The molecule has 3 rings (SSSR count). The van der Waals surface area contributed by atoms with E-state index >= 15 is 0 Å². The molecular weight excluding hydrogens is 331 g/mol. The number of carbonyl (C=O) groups excluding carboxylic acids is 1. The maximum Gasteiger partial charge on any atom is 0.251 e. The molecule has 0 fully saturated rings. The summed E-state index contributed by atoms with van der Waals surface area (Å²) in [7, 11) is 0. The van der Waals surface area contributed by atoms with Gasteiger partial charge in [0.05, 0.1) is 0 Å². The van der Waals surface area contributed by atoms with E-state index in [1.807, 2.05) is 37.4 Å². The highest BCUT2D eigenvalue weighted by molar-refractivity contribution is 6.31. The number of amides is 1. The molecule has 0 spiro atoms. The van der Waals surface area contributed by atoms with Crippen LogP contribution in [0.25, 0.3) is 10.9 Å². The van der Waals surface area contributed by atoms with Crippen LogP contribution in [0.5, 0.6) is 0 Å². The Balaban J connectivity index is 1.67. The zero-order valence-electron chi connectivity index (χ0n) is 12.6. The number of hydrogen-bond acceptors (Lipinski definition) is 1. The minimum Gasteiger partial charge on any atom is -0.361 e. The van der Waals surface area contributed by atoms with Crippen molar-refractivity contribution >= 4 is 40.0 Å². The van der Waals surface area contributed by atoms with Gasteiger partial charge in [-0.1, -0.05) is 29.3 Å². The summed E-state index contributed by atoms with van der Waals surface area (Å²) in [5.41, 5.74) is 3.69. The molecule has 3 aromatic rings. The number of halogens is 2. The molecule has 0 aliphatic rings. The zero-order valence-corrected chi connectivity index (χ0v) is 14.1. The molecule has 1 aromatic heterocycles. The normalized spacial score (nSPS) is 10.9. The number of H-pyrrole nitrogens is 1. The fourth-order valence-electron chi connectivity index (χ4n) is 2.60. The average Bonchev–Trinajstić information content (AvgIpc) is 2.92. The second-order valence-corrected chi connectivity index (χ2v) is 6.34. The minimum atomic E-state index is -0.108. The summed E-state index contributed by atoms with van der Waals surface area (Å²) in [5.74, 6) is -0.108. The van der Waals surface area contributed by atoms with Crippen molar-refractivity contribution in [3.63, 3.8) is 0 Å². The van der Waals surface area contributed by atoms with Crippen molar-refractivity contribution in [3.05, 3.63) is 69.3 Å². The monoisotopic (exact) mass is 346 g/mol. The number of aromatic nitrogens is 1. The molecule has 0 saturated carbocycles. The molecule has 3 nitrogen and oxygen atoms in total. The van der Waals surface area contributed by atoms with Gasteiger partial charge in [0.15, 0.2) is 0 Å². The van der Waals surface area contributed by atoms with Crippen molar-refractivity contribution in [2.24, 2.45) is 0 Å². The third kappa shape index (κ3) is 3.52. The van der Waals surface area contributed by atoms with Crippen LogP contribution < -0.4 is 5.32 Å². The number of aryl methyl sites for hydroxylation is 1. The predicted molar refractivity (Wildman–Crippen MR) is 95.5 cm³/mol. The van der Waals surface area contributed by atoms with Gasteiger partial charge in [-0.15, -0.1) is 0 Å². The van der Waals surface area contributed by atoms with Crippen LogP contribution in [0.3, 0.4) is 0 Å². The summed E-state index contributed by atoms with van der Waals surface area (Å²) >= 11 is 12.0. The Labute approximate surface area is 144 Å². The van der Waals surface area contributed by atoms with Crippen molar-refractivity contribution in [2.45, 2.75) is 13.3 Å². The lowest BCUT2D eigenvalue weighted by molar-refractivity contribution is 0.0953. The highest BCUT2D eigenvalue weighted by Gasteiger charge is 2.10. The van der Waals surface area contributed by atoms with Crippen LogP contribution in [0.2, 0.25) is 10.0 Å². The minimum absolute atomic E-state index is 0.108. The Morgan fingerprint density at radius 2 is 1.87 bits per heavy atom. The van der Waals surface area contributed by atoms with Crippen molar-refractivity contribution in [1.82, 2.24) is 10.3 Å². The molecule has 0 atom stereocenters. The summed E-state index contributed by atoms with van der Waals surface area (Å²) in [5, 5.41) is 5.30. The van der Waals surface area contributed by atoms with Gasteiger partial charge >= 0.3 is 0 Å². The molecule has 1 amide bonds. The fraction of sp³-hybridized carbons (Fsp3) is 0.167. The van der Waals surface area contributed by atoms with Crippen molar-refractivity contribution < 1.29 is 4.79 Å². The van der Waals surface area contributed by atoms with Crippen LogP contribution in [0.15, 0.2) is 42.6 Å². The number of carbonyl (C=O) groups is 1. The quantitative estimate of drug-likeness (QED) is 0.702. The molecule has 0 aliphatic heterocycles. The molecule has 23 heavy (non-hydrogen) atoms. The number of hydrogen-bond donors (Lipinski definition) is 2. The lowest BCUT2D eigenvalue weighted by atomic mass is 10.1. The number of benzene rings is 2. The van der Waals surface area contributed by atoms with Gasteiger partial charge in [-0.25, -0.2) is 0 Å². The molecule has 0 radical (unpaired) electrons. The van der Waals surface area contributed by atoms with Crippen LogP contribution in [0.1, 0.15) is 21.5 Å². The molecule has 1 heterocycles. The Morgan fingerprint density at radius 1 is 1.13 bits per heavy atom. The summed E-state index contributed by atoms with van der Waals surface area (Å²) in [4.78, 5) is 15.5. The van der Waals surface area contributed by atoms with Gasteiger partial charge in [-0.05, 0) is 54.8 Å². The van der Waals surface area contributed by atoms with E-state index in [4.69, 9.17) is 23.2 Å². The molecule has 5 heteroatoms. The maximum absolute atomic E-state index is 12.3. The first-order valence-electron chi connectivity index (χ1n) is 7.34. The van der Waals surface area contributed by atoms with Crippen molar-refractivity contribution in [3.8, 4) is 0 Å². The smallest absolute Gasteiger partial charge is 0.251 e. The van der Waals surface area contributed by atoms with Gasteiger partial charge in [-0.2, -0.15) is 0 Å². The second-order valence-electron chi connectivity index (χ2n) is 5.47. The van der Waals surface area contributed by atoms with Gasteiger partial charge in [0, 0.05) is 39.3 Å². The van der Waals surface area contributed by atoms with E-state index in [1.54, 1.807) is 12.1 Å². The van der Waals surface area contributed by atoms with Crippen molar-refractivity contribution in [1.29, 1.82) is 0 Å². The molecule has 0 saturated heterocycles. The van der Waals surface area contributed by atoms with E-state index in [2.05, 4.69) is 10.3 Å². The fourth-order valence-corrected chi connectivity index (χ4v) is 2.95. The average molecular weight is 347 g/mol. The summed E-state index contributed by atoms with van der Waals surface area (Å²) < 4.78 is 0. The molecule has 118 valence electrons. The zero-order chi connectivity index (χ0) is 16.4. The van der Waals surface area contributed by atoms with Gasteiger partial charge in [0.2, 0.25) is 0 Å². The first-order valence-corrected chi connectivity index (χ1v) is 8.10. The summed E-state index contributed by atoms with van der Waals surface area (Å²) in [6.45, 7) is 2.44. The third-order valence-corrected chi connectivity index (χ3v) is 4.32. The third-order valence-electron chi connectivity index (χ3n) is 3.85. The van der Waals surface area contributed by atoms with E-state index in [0.29, 0.717) is 22.2 Å². The first-order chi connectivity index (χ1) is 11.0. The highest BCUT2D eigenvalue weighted by Crippen LogP contribution is 2.22. The van der Waals surface area contributed by atoms with Gasteiger partial charge in [-0.3, -0.25) is 4.79 Å². The largest absolute Gasteiger partial charge is 0.361 e. The van der Waals surface area contributed by atoms with E-state index in [-0.39, 0.29) is 5.91 Å². The van der Waals surface area contributed by atoms with E-state index in [1.165, 1.54) is 0 Å². The molecule has 0 aliphatic carbocycles. The van der Waals surface area contributed by atoms with Crippen LogP contribution in [-0.4, -0.2) is 17.4 Å². The Hall–Kier alpha value is -1.97. The number of aromatic amines is 1. The standard InChI is InChI=1S/C18H16Cl2N2O/c1-11-2-3-13(19)8-15(11)18(23)21-7-6-12-10-22-17-5-4-14(20)9-16(12)17/h2-5,8-10,22H,6-7H2,1H3,(H,21,23). The van der Waals surface area contributed by atoms with E-state index < -0.39 is 0 Å². The molecule has 0 bridgehead atoms. The molecule has 2 aromatic carbocycles. The van der Waals surface area contributed by atoms with Gasteiger partial charge in [0.25, 0.3) is 5.91 Å². The number of rotatable bonds is 4. The Bertz CT molecular complexity index is 871. The first kappa shape index (κ1) is 15.9. The molecular formula is C18H16Cl2N2O. The second kappa shape index (κ2) is 6.65. The Morgan fingerprint density at radius 3 is 2.70 bits per heavy atom. The highest BCUT2D eigenvalue weighted by atomic mass is 35.5. The SMILES string of the molecule is Cc1ccc(Cl)cc1C(=O)NCCc1c[nH]c2ccc(Cl)cc12. The predicted octanol–water partition coefficient (Wildman–Crippen LogP) is 4.76. The van der Waals surface area contributed by atoms with Crippen LogP contribution in [-0.2, 0) is 6.42 Å². The summed E-state index contributed by atoms with van der Waals surface area (Å²) in [6, 6.07) is 11.1. The van der Waals surface area contributed by atoms with E-state index in [0.717, 1.165) is 28.5 Å². The van der Waals surface area contributed by atoms with Crippen LogP contribution in [0, 0.1) is 6.92 Å². The number of fused-ring (bicyclic) bond motifs is 1. The lowest BCUT2D eigenvalue weighted by Gasteiger charge is -2.08. The maximum atomic E-state index is 12.3.